The predicted molar refractivity (Wildman–Crippen MR) is 117 cm³/mol. The second kappa shape index (κ2) is 8.76. The van der Waals surface area contributed by atoms with Crippen LogP contribution in [0, 0.1) is 0 Å². The van der Waals surface area contributed by atoms with Crippen molar-refractivity contribution >= 4 is 34.6 Å². The maximum atomic E-state index is 12.2. The van der Waals surface area contributed by atoms with Gasteiger partial charge in [0.05, 0.1) is 38.1 Å². The van der Waals surface area contributed by atoms with Gasteiger partial charge in [0.2, 0.25) is 23.8 Å². The molecule has 9 nitrogen and oxygen atoms in total. The van der Waals surface area contributed by atoms with E-state index in [1.165, 1.54) is 45.0 Å². The maximum Gasteiger partial charge on any atom is 0.243 e. The summed E-state index contributed by atoms with van der Waals surface area (Å²) in [5.41, 5.74) is 2.50. The zero-order valence-electron chi connectivity index (χ0n) is 17.5. The Morgan fingerprint density at radius 1 is 1.16 bits per heavy atom. The lowest BCUT2D eigenvalue weighted by atomic mass is 10.1. The largest absolute Gasteiger partial charge is 0.493 e. The van der Waals surface area contributed by atoms with Crippen molar-refractivity contribution in [3.8, 4) is 17.2 Å². The maximum absolute atomic E-state index is 12.2. The Kier molecular flexibility index (Phi) is 5.90. The number of hydrogen-bond acceptors (Lipinski definition) is 8. The molecule has 162 valence electrons. The number of carbonyl (C=O) groups is 1. The number of benzene rings is 2. The molecule has 0 saturated carbocycles. The Bertz CT molecular complexity index is 1090. The number of amides is 1. The van der Waals surface area contributed by atoms with Gasteiger partial charge in [0.15, 0.2) is 16.7 Å². The van der Waals surface area contributed by atoms with Crippen molar-refractivity contribution in [2.45, 2.75) is 18.3 Å². The molecule has 1 amide bonds. The molecule has 3 aromatic rings. The number of nitrogens with one attached hydrogen (secondary N) is 1. The van der Waals surface area contributed by atoms with Crippen molar-refractivity contribution in [2.75, 3.05) is 27.1 Å². The SMILES string of the molecule is COc1cc([C@H]2OC(CSc3nc4ccccc4[nH]3)=NN2C(C)=O)cc(OC)c1OC. The number of aromatic amines is 1. The van der Waals surface area contributed by atoms with E-state index in [-0.39, 0.29) is 5.91 Å². The highest BCUT2D eigenvalue weighted by Crippen LogP contribution is 2.42. The minimum absolute atomic E-state index is 0.248. The van der Waals surface area contributed by atoms with Crippen LogP contribution in [0.4, 0.5) is 0 Å². The summed E-state index contributed by atoms with van der Waals surface area (Å²) in [6.45, 7) is 1.44. The van der Waals surface area contributed by atoms with E-state index in [0.29, 0.717) is 34.5 Å². The highest BCUT2D eigenvalue weighted by atomic mass is 32.2. The van der Waals surface area contributed by atoms with Crippen LogP contribution in [0.3, 0.4) is 0 Å². The molecule has 0 radical (unpaired) electrons. The molecule has 31 heavy (non-hydrogen) atoms. The summed E-state index contributed by atoms with van der Waals surface area (Å²) in [7, 11) is 4.60. The molecule has 0 bridgehead atoms. The molecular weight excluding hydrogens is 420 g/mol. The summed E-state index contributed by atoms with van der Waals surface area (Å²) in [4.78, 5) is 20.0. The van der Waals surface area contributed by atoms with Gasteiger partial charge in [-0.05, 0) is 24.3 Å². The number of hydrogen-bond donors (Lipinski definition) is 1. The fourth-order valence-corrected chi connectivity index (χ4v) is 3.99. The molecule has 1 aromatic heterocycles. The Morgan fingerprint density at radius 3 is 2.48 bits per heavy atom. The monoisotopic (exact) mass is 442 g/mol. The Morgan fingerprint density at radius 2 is 1.87 bits per heavy atom. The zero-order chi connectivity index (χ0) is 22.0. The van der Waals surface area contributed by atoms with E-state index in [1.807, 2.05) is 24.3 Å². The topological polar surface area (TPSA) is 98.3 Å². The van der Waals surface area contributed by atoms with Gasteiger partial charge >= 0.3 is 0 Å². The average molecular weight is 442 g/mol. The first-order valence-electron chi connectivity index (χ1n) is 9.45. The Balaban J connectivity index is 1.55. The molecule has 0 fully saturated rings. The number of carbonyl (C=O) groups excluding carboxylic acids is 1. The summed E-state index contributed by atoms with van der Waals surface area (Å²) < 4.78 is 22.2. The number of H-pyrrole nitrogens is 1. The van der Waals surface area contributed by atoms with Crippen molar-refractivity contribution in [3.63, 3.8) is 0 Å². The van der Waals surface area contributed by atoms with Crippen molar-refractivity contribution in [3.05, 3.63) is 42.0 Å². The van der Waals surface area contributed by atoms with Gasteiger partial charge in [-0.3, -0.25) is 4.79 Å². The molecule has 1 aliphatic rings. The van der Waals surface area contributed by atoms with E-state index in [1.54, 1.807) is 12.1 Å². The normalized spacial score (nSPS) is 15.5. The summed E-state index contributed by atoms with van der Waals surface area (Å²) >= 11 is 1.45. The highest BCUT2D eigenvalue weighted by Gasteiger charge is 2.34. The fraction of sp³-hybridized carbons (Fsp3) is 0.286. The van der Waals surface area contributed by atoms with Crippen LogP contribution in [0.2, 0.25) is 0 Å². The van der Waals surface area contributed by atoms with Gasteiger partial charge in [-0.15, -0.1) is 5.10 Å². The van der Waals surface area contributed by atoms with Gasteiger partial charge in [-0.1, -0.05) is 23.9 Å². The molecule has 0 spiro atoms. The number of fused-ring (bicyclic) bond motifs is 1. The molecule has 10 heteroatoms. The van der Waals surface area contributed by atoms with Gasteiger partial charge in [0.1, 0.15) is 0 Å². The molecule has 0 aliphatic carbocycles. The highest BCUT2D eigenvalue weighted by molar-refractivity contribution is 7.99. The smallest absolute Gasteiger partial charge is 0.243 e. The van der Waals surface area contributed by atoms with Crippen LogP contribution in [-0.2, 0) is 9.53 Å². The van der Waals surface area contributed by atoms with Gasteiger partial charge < -0.3 is 23.9 Å². The minimum Gasteiger partial charge on any atom is -0.493 e. The molecule has 1 aliphatic heterocycles. The van der Waals surface area contributed by atoms with E-state index >= 15 is 0 Å². The molecule has 2 heterocycles. The van der Waals surface area contributed by atoms with E-state index < -0.39 is 6.23 Å². The van der Waals surface area contributed by atoms with Gasteiger partial charge in [-0.2, -0.15) is 5.01 Å². The summed E-state index contributed by atoms with van der Waals surface area (Å²) in [6, 6.07) is 11.3. The third-order valence-corrected chi connectivity index (χ3v) is 5.54. The van der Waals surface area contributed by atoms with Gasteiger partial charge in [0.25, 0.3) is 0 Å². The lowest BCUT2D eigenvalue weighted by Gasteiger charge is -2.21. The van der Waals surface area contributed by atoms with Crippen LogP contribution in [0.15, 0.2) is 46.7 Å². The average Bonchev–Trinajstić information content (AvgIpc) is 3.40. The minimum atomic E-state index is -0.738. The summed E-state index contributed by atoms with van der Waals surface area (Å²) in [5, 5.41) is 6.42. The number of rotatable bonds is 7. The second-order valence-corrected chi connectivity index (χ2v) is 7.60. The molecular formula is C21H22N4O5S. The molecule has 1 N–H and O–H groups in total. The lowest BCUT2D eigenvalue weighted by molar-refractivity contribution is -0.135. The first-order valence-corrected chi connectivity index (χ1v) is 10.4. The predicted octanol–water partition coefficient (Wildman–Crippen LogP) is 3.57. The third-order valence-electron chi connectivity index (χ3n) is 4.68. The number of nitrogens with zero attached hydrogens (tertiary/aromatic N) is 3. The molecule has 4 rings (SSSR count). The van der Waals surface area contributed by atoms with Crippen molar-refractivity contribution < 1.29 is 23.7 Å². The summed E-state index contributed by atoms with van der Waals surface area (Å²) in [6.07, 6.45) is -0.738. The number of imidazole rings is 1. The van der Waals surface area contributed by atoms with Crippen LogP contribution in [0.25, 0.3) is 11.0 Å². The van der Waals surface area contributed by atoms with Crippen LogP contribution in [0.1, 0.15) is 18.7 Å². The van der Waals surface area contributed by atoms with Gasteiger partial charge in [0, 0.05) is 12.5 Å². The third kappa shape index (κ3) is 4.11. The van der Waals surface area contributed by atoms with Crippen LogP contribution >= 0.6 is 11.8 Å². The fourth-order valence-electron chi connectivity index (χ4n) is 3.25. The number of aromatic nitrogens is 2. The summed E-state index contributed by atoms with van der Waals surface area (Å²) in [5.74, 6) is 1.97. The molecule has 0 unspecified atom stereocenters. The van der Waals surface area contributed by atoms with Crippen LogP contribution in [-0.4, -0.2) is 53.9 Å². The number of ether oxygens (including phenoxy) is 4. The standard InChI is InChI=1S/C21H22N4O5S/c1-12(26)25-20(13-9-16(27-2)19(29-4)17(10-13)28-3)30-18(24-25)11-31-21-22-14-7-5-6-8-15(14)23-21/h5-10,20H,11H2,1-4H3,(H,22,23)/t20-/m1/s1. The molecule has 0 saturated heterocycles. The van der Waals surface area contributed by atoms with E-state index in [4.69, 9.17) is 18.9 Å². The van der Waals surface area contributed by atoms with Crippen molar-refractivity contribution in [1.29, 1.82) is 0 Å². The number of hydrazone groups is 1. The first kappa shape index (κ1) is 20.9. The molecule has 1 atom stereocenters. The number of methoxy groups -OCH3 is 3. The van der Waals surface area contributed by atoms with Crippen LogP contribution < -0.4 is 14.2 Å². The van der Waals surface area contributed by atoms with E-state index in [9.17, 15) is 4.79 Å². The lowest BCUT2D eigenvalue weighted by Crippen LogP contribution is -2.25. The van der Waals surface area contributed by atoms with Crippen LogP contribution in [0.5, 0.6) is 17.2 Å². The number of para-hydroxylation sites is 2. The number of thioether (sulfide) groups is 1. The first-order chi connectivity index (χ1) is 15.0. The van der Waals surface area contributed by atoms with Gasteiger partial charge in [-0.25, -0.2) is 4.98 Å². The van der Waals surface area contributed by atoms with E-state index in [0.717, 1.165) is 16.2 Å². The second-order valence-electron chi connectivity index (χ2n) is 6.63. The van der Waals surface area contributed by atoms with E-state index in [2.05, 4.69) is 15.1 Å². The quantitative estimate of drug-likeness (QED) is 0.559. The Hall–Kier alpha value is -3.40. The van der Waals surface area contributed by atoms with Crippen molar-refractivity contribution in [1.82, 2.24) is 15.0 Å². The van der Waals surface area contributed by atoms with Crippen molar-refractivity contribution in [2.24, 2.45) is 5.10 Å². The Labute approximate surface area is 183 Å². The molecule has 2 aromatic carbocycles. The zero-order valence-corrected chi connectivity index (χ0v) is 18.4.